The van der Waals surface area contributed by atoms with E-state index in [4.69, 9.17) is 9.47 Å². The number of hydrogen-bond acceptors (Lipinski definition) is 4. The number of ether oxygens (including phenoxy) is 2. The lowest BCUT2D eigenvalue weighted by Crippen LogP contribution is -2.43. The molecule has 22 heavy (non-hydrogen) atoms. The van der Waals surface area contributed by atoms with Gasteiger partial charge in [-0.05, 0) is 31.4 Å². The summed E-state index contributed by atoms with van der Waals surface area (Å²) in [5, 5.41) is 0. The van der Waals surface area contributed by atoms with Gasteiger partial charge >= 0.3 is 5.97 Å². The molecule has 3 rings (SSSR count). The molecule has 0 bridgehead atoms. The molecule has 5 heteroatoms. The summed E-state index contributed by atoms with van der Waals surface area (Å²) >= 11 is 0. The molecular weight excluding hydrogens is 282 g/mol. The highest BCUT2D eigenvalue weighted by Gasteiger charge is 2.43. The van der Waals surface area contributed by atoms with E-state index in [1.54, 1.807) is 4.90 Å². The van der Waals surface area contributed by atoms with E-state index in [0.29, 0.717) is 25.9 Å². The van der Waals surface area contributed by atoms with Gasteiger partial charge in [0.2, 0.25) is 5.91 Å². The topological polar surface area (TPSA) is 55.8 Å². The van der Waals surface area contributed by atoms with Crippen LogP contribution in [0.2, 0.25) is 0 Å². The number of amides is 1. The van der Waals surface area contributed by atoms with Gasteiger partial charge in [0.25, 0.3) is 0 Å². The van der Waals surface area contributed by atoms with E-state index in [9.17, 15) is 9.59 Å². The summed E-state index contributed by atoms with van der Waals surface area (Å²) in [6.45, 7) is 4.58. The highest BCUT2D eigenvalue weighted by molar-refractivity contribution is 5.88. The lowest BCUT2D eigenvalue weighted by atomic mass is 9.92. The summed E-state index contributed by atoms with van der Waals surface area (Å²) in [5.41, 5.74) is 3.19. The summed E-state index contributed by atoms with van der Waals surface area (Å²) in [4.78, 5) is 26.1. The molecule has 1 amide bonds. The lowest BCUT2D eigenvalue weighted by molar-refractivity contribution is -0.151. The van der Waals surface area contributed by atoms with Crippen LogP contribution in [0.1, 0.15) is 42.0 Å². The normalized spacial score (nSPS) is 24.0. The maximum absolute atomic E-state index is 12.4. The highest BCUT2D eigenvalue weighted by Crippen LogP contribution is 2.43. The molecule has 0 aliphatic carbocycles. The third kappa shape index (κ3) is 2.25. The number of fused-ring (bicyclic) bond motifs is 1. The quantitative estimate of drug-likeness (QED) is 0.787. The van der Waals surface area contributed by atoms with Crippen LogP contribution in [-0.2, 0) is 14.3 Å². The number of nitrogens with zero attached hydrogens (tertiary/aromatic N) is 1. The van der Waals surface area contributed by atoms with Gasteiger partial charge in [-0.3, -0.25) is 4.79 Å². The van der Waals surface area contributed by atoms with Crippen LogP contribution in [0.4, 0.5) is 0 Å². The highest BCUT2D eigenvalue weighted by atomic mass is 16.5. The molecule has 0 N–H and O–H groups in total. The van der Waals surface area contributed by atoms with Crippen molar-refractivity contribution in [3.8, 4) is 5.75 Å². The molecule has 118 valence electrons. The Bertz CT molecular complexity index is 625. The SMILES string of the molecule is COC(=O)C1CCC(=O)N1C1CCOc2c(C)ccc(C)c21. The molecular formula is C17H21NO4. The van der Waals surface area contributed by atoms with Crippen LogP contribution in [0.3, 0.4) is 0 Å². The number of methoxy groups -OCH3 is 1. The molecule has 1 aromatic rings. The number of rotatable bonds is 2. The third-order valence-electron chi connectivity index (χ3n) is 4.65. The van der Waals surface area contributed by atoms with Crippen LogP contribution in [-0.4, -0.2) is 36.5 Å². The van der Waals surface area contributed by atoms with E-state index >= 15 is 0 Å². The van der Waals surface area contributed by atoms with Crippen molar-refractivity contribution in [2.75, 3.05) is 13.7 Å². The average molecular weight is 303 g/mol. The van der Waals surface area contributed by atoms with Gasteiger partial charge < -0.3 is 14.4 Å². The van der Waals surface area contributed by atoms with E-state index in [-0.39, 0.29) is 17.9 Å². The van der Waals surface area contributed by atoms with Crippen LogP contribution in [0, 0.1) is 13.8 Å². The van der Waals surface area contributed by atoms with Gasteiger partial charge in [-0.25, -0.2) is 4.79 Å². The van der Waals surface area contributed by atoms with Gasteiger partial charge in [0.1, 0.15) is 11.8 Å². The maximum Gasteiger partial charge on any atom is 0.328 e. The lowest BCUT2D eigenvalue weighted by Gasteiger charge is -2.37. The molecule has 1 fully saturated rings. The second kappa shape index (κ2) is 5.63. The second-order valence-electron chi connectivity index (χ2n) is 5.97. The Morgan fingerprint density at radius 2 is 2.00 bits per heavy atom. The summed E-state index contributed by atoms with van der Waals surface area (Å²) in [6, 6.07) is 3.49. The van der Waals surface area contributed by atoms with Crippen LogP contribution in [0.25, 0.3) is 0 Å². The van der Waals surface area contributed by atoms with Crippen molar-refractivity contribution in [2.45, 2.75) is 45.2 Å². The summed E-state index contributed by atoms with van der Waals surface area (Å²) in [6.07, 6.45) is 1.64. The molecule has 2 atom stereocenters. The largest absolute Gasteiger partial charge is 0.493 e. The molecule has 0 spiro atoms. The Kier molecular flexibility index (Phi) is 3.81. The third-order valence-corrected chi connectivity index (χ3v) is 4.65. The standard InChI is InChI=1S/C17H21NO4/c1-10-4-5-11(2)16-15(10)12(8-9-22-16)18-13(17(20)21-3)6-7-14(18)19/h4-5,12-13H,6-9H2,1-3H3. The number of likely N-dealkylation sites (tertiary alicyclic amines) is 1. The van der Waals surface area contributed by atoms with E-state index in [2.05, 4.69) is 0 Å². The fourth-order valence-corrected chi connectivity index (χ4v) is 3.57. The first-order chi connectivity index (χ1) is 10.5. The zero-order valence-electron chi connectivity index (χ0n) is 13.2. The predicted octanol–water partition coefficient (Wildman–Crippen LogP) is 2.29. The number of benzene rings is 1. The van der Waals surface area contributed by atoms with E-state index in [1.807, 2.05) is 26.0 Å². The fourth-order valence-electron chi connectivity index (χ4n) is 3.57. The Hall–Kier alpha value is -2.04. The van der Waals surface area contributed by atoms with Gasteiger partial charge in [-0.1, -0.05) is 12.1 Å². The molecule has 0 aromatic heterocycles. The molecule has 2 unspecified atom stereocenters. The average Bonchev–Trinajstić information content (AvgIpc) is 2.91. The fraction of sp³-hybridized carbons (Fsp3) is 0.529. The van der Waals surface area contributed by atoms with Crippen molar-refractivity contribution in [2.24, 2.45) is 0 Å². The van der Waals surface area contributed by atoms with Gasteiger partial charge in [-0.15, -0.1) is 0 Å². The first-order valence-electron chi connectivity index (χ1n) is 7.66. The van der Waals surface area contributed by atoms with Crippen LogP contribution in [0.5, 0.6) is 5.75 Å². The number of aryl methyl sites for hydroxylation is 2. The van der Waals surface area contributed by atoms with Crippen molar-refractivity contribution in [1.82, 2.24) is 4.90 Å². The molecule has 0 radical (unpaired) electrons. The Labute approximate surface area is 130 Å². The Morgan fingerprint density at radius 1 is 1.27 bits per heavy atom. The molecule has 5 nitrogen and oxygen atoms in total. The molecule has 2 heterocycles. The number of esters is 1. The van der Waals surface area contributed by atoms with E-state index in [0.717, 1.165) is 22.4 Å². The van der Waals surface area contributed by atoms with Crippen molar-refractivity contribution >= 4 is 11.9 Å². The van der Waals surface area contributed by atoms with Crippen LogP contribution >= 0.6 is 0 Å². The first kappa shape index (κ1) is 14.9. The summed E-state index contributed by atoms with van der Waals surface area (Å²) in [5.74, 6) is 0.554. The minimum absolute atomic E-state index is 0.0224. The molecule has 1 aromatic carbocycles. The van der Waals surface area contributed by atoms with Crippen molar-refractivity contribution < 1.29 is 19.1 Å². The van der Waals surface area contributed by atoms with Crippen molar-refractivity contribution in [3.05, 3.63) is 28.8 Å². The molecule has 2 aliphatic rings. The summed E-state index contributed by atoms with van der Waals surface area (Å²) < 4.78 is 10.7. The Balaban J connectivity index is 2.05. The van der Waals surface area contributed by atoms with Crippen LogP contribution < -0.4 is 4.74 Å². The second-order valence-corrected chi connectivity index (χ2v) is 5.97. The monoisotopic (exact) mass is 303 g/mol. The number of hydrogen-bond donors (Lipinski definition) is 0. The van der Waals surface area contributed by atoms with Gasteiger partial charge in [0, 0.05) is 18.4 Å². The van der Waals surface area contributed by atoms with Crippen LogP contribution in [0.15, 0.2) is 12.1 Å². The predicted molar refractivity (Wildman–Crippen MR) is 80.7 cm³/mol. The maximum atomic E-state index is 12.4. The molecule has 1 saturated heterocycles. The van der Waals surface area contributed by atoms with E-state index in [1.165, 1.54) is 7.11 Å². The smallest absolute Gasteiger partial charge is 0.328 e. The van der Waals surface area contributed by atoms with E-state index < -0.39 is 6.04 Å². The minimum atomic E-state index is -0.478. The Morgan fingerprint density at radius 3 is 2.73 bits per heavy atom. The minimum Gasteiger partial charge on any atom is -0.493 e. The number of carbonyl (C=O) groups is 2. The first-order valence-corrected chi connectivity index (χ1v) is 7.66. The van der Waals surface area contributed by atoms with Crippen molar-refractivity contribution in [3.63, 3.8) is 0 Å². The molecule has 2 aliphatic heterocycles. The zero-order chi connectivity index (χ0) is 15.9. The van der Waals surface area contributed by atoms with Crippen molar-refractivity contribution in [1.29, 1.82) is 0 Å². The molecule has 0 saturated carbocycles. The van der Waals surface area contributed by atoms with Gasteiger partial charge in [0.15, 0.2) is 0 Å². The van der Waals surface area contributed by atoms with Gasteiger partial charge in [-0.2, -0.15) is 0 Å². The van der Waals surface area contributed by atoms with Gasteiger partial charge in [0.05, 0.1) is 19.8 Å². The number of carbonyl (C=O) groups excluding carboxylic acids is 2. The summed E-state index contributed by atoms with van der Waals surface area (Å²) in [7, 11) is 1.37. The zero-order valence-corrected chi connectivity index (χ0v) is 13.2.